The van der Waals surface area contributed by atoms with Gasteiger partial charge in [0, 0.05) is 11.1 Å². The molecule has 0 N–H and O–H groups in total. The molecule has 0 aliphatic heterocycles. The molecular formula is C17H16N2O3S. The first-order chi connectivity index (χ1) is 11.1. The Morgan fingerprint density at radius 3 is 2.78 bits per heavy atom. The van der Waals surface area contributed by atoms with Crippen LogP contribution in [0.1, 0.15) is 28.0 Å². The quantitative estimate of drug-likeness (QED) is 0.669. The van der Waals surface area contributed by atoms with E-state index in [0.29, 0.717) is 28.1 Å². The minimum absolute atomic E-state index is 0.332. The Balaban J connectivity index is 1.95. The second kappa shape index (κ2) is 6.34. The number of fused-ring (bicyclic) bond motifs is 1. The van der Waals surface area contributed by atoms with Gasteiger partial charge in [-0.05, 0) is 32.9 Å². The first-order valence-corrected chi connectivity index (χ1v) is 8.09. The average molecular weight is 328 g/mol. The van der Waals surface area contributed by atoms with E-state index in [0.717, 1.165) is 16.6 Å². The molecule has 0 aliphatic carbocycles. The van der Waals surface area contributed by atoms with E-state index in [1.54, 1.807) is 13.8 Å². The zero-order chi connectivity index (χ0) is 16.4. The van der Waals surface area contributed by atoms with Crippen molar-refractivity contribution in [3.63, 3.8) is 0 Å². The van der Waals surface area contributed by atoms with Crippen LogP contribution in [-0.4, -0.2) is 22.5 Å². The number of aryl methyl sites for hydroxylation is 2. The van der Waals surface area contributed by atoms with Crippen molar-refractivity contribution in [3.8, 4) is 10.9 Å². The number of nitrogens with zero attached hydrogens (tertiary/aromatic N) is 2. The van der Waals surface area contributed by atoms with Crippen molar-refractivity contribution in [1.82, 2.24) is 9.97 Å². The van der Waals surface area contributed by atoms with Gasteiger partial charge in [0.2, 0.25) is 0 Å². The van der Waals surface area contributed by atoms with Crippen molar-refractivity contribution in [2.24, 2.45) is 0 Å². The molecule has 0 fully saturated rings. The molecule has 0 unspecified atom stereocenters. The Morgan fingerprint density at radius 1 is 1.17 bits per heavy atom. The second-order valence-corrected chi connectivity index (χ2v) is 5.96. The highest BCUT2D eigenvalue weighted by atomic mass is 32.1. The first-order valence-electron chi connectivity index (χ1n) is 7.27. The molecule has 23 heavy (non-hydrogen) atoms. The summed E-state index contributed by atoms with van der Waals surface area (Å²) in [5, 5.41) is 1.40. The summed E-state index contributed by atoms with van der Waals surface area (Å²) in [6, 6.07) is 9.68. The van der Waals surface area contributed by atoms with E-state index in [1.165, 1.54) is 11.3 Å². The van der Waals surface area contributed by atoms with E-state index in [1.807, 2.05) is 37.3 Å². The zero-order valence-electron chi connectivity index (χ0n) is 13.1. The fraction of sp³-hybridized carbons (Fsp3) is 0.235. The van der Waals surface area contributed by atoms with E-state index >= 15 is 0 Å². The fourth-order valence-electron chi connectivity index (χ4n) is 2.20. The number of benzene rings is 1. The molecule has 5 nitrogen and oxygen atoms in total. The molecule has 0 aliphatic rings. The van der Waals surface area contributed by atoms with Crippen molar-refractivity contribution in [2.75, 3.05) is 6.61 Å². The maximum absolute atomic E-state index is 11.9. The number of hydrogen-bond donors (Lipinski definition) is 0. The highest BCUT2D eigenvalue weighted by Crippen LogP contribution is 2.33. The fourth-order valence-corrected chi connectivity index (χ4v) is 3.02. The van der Waals surface area contributed by atoms with Crippen LogP contribution in [0.4, 0.5) is 0 Å². The third-order valence-corrected chi connectivity index (χ3v) is 4.27. The molecule has 3 aromatic rings. The predicted molar refractivity (Wildman–Crippen MR) is 89.4 cm³/mol. The number of thiazole rings is 1. The Bertz CT molecular complexity index is 873. The molecule has 1 aromatic carbocycles. The third-order valence-electron chi connectivity index (χ3n) is 3.26. The number of hydrogen-bond acceptors (Lipinski definition) is 6. The lowest BCUT2D eigenvalue weighted by atomic mass is 10.2. The lowest BCUT2D eigenvalue weighted by molar-refractivity contribution is 0.0531. The van der Waals surface area contributed by atoms with Crippen molar-refractivity contribution < 1.29 is 14.3 Å². The van der Waals surface area contributed by atoms with Crippen LogP contribution in [0.25, 0.3) is 10.9 Å². The Hall–Kier alpha value is -2.47. The average Bonchev–Trinajstić information content (AvgIpc) is 2.89. The highest BCUT2D eigenvalue weighted by Gasteiger charge is 2.18. The molecule has 0 amide bonds. The molecule has 0 atom stereocenters. The minimum atomic E-state index is -0.371. The lowest BCUT2D eigenvalue weighted by Crippen LogP contribution is -2.03. The van der Waals surface area contributed by atoms with Gasteiger partial charge in [-0.25, -0.2) is 14.8 Å². The first kappa shape index (κ1) is 15.4. The van der Waals surface area contributed by atoms with E-state index < -0.39 is 0 Å². The van der Waals surface area contributed by atoms with Crippen molar-refractivity contribution in [1.29, 1.82) is 0 Å². The molecular weight excluding hydrogens is 312 g/mol. The van der Waals surface area contributed by atoms with E-state index in [-0.39, 0.29) is 5.97 Å². The van der Waals surface area contributed by atoms with E-state index in [9.17, 15) is 4.79 Å². The van der Waals surface area contributed by atoms with Crippen LogP contribution in [0.3, 0.4) is 0 Å². The maximum atomic E-state index is 11.9. The SMILES string of the molecule is CCOC(=O)c1sc(Oc2cccc3ccc(C)nc23)nc1C. The Morgan fingerprint density at radius 2 is 2.00 bits per heavy atom. The van der Waals surface area contributed by atoms with Gasteiger partial charge in [-0.3, -0.25) is 0 Å². The van der Waals surface area contributed by atoms with E-state index in [4.69, 9.17) is 9.47 Å². The Labute approximate surface area is 137 Å². The lowest BCUT2D eigenvalue weighted by Gasteiger charge is -2.06. The number of pyridine rings is 1. The predicted octanol–water partition coefficient (Wildman–Crippen LogP) is 4.28. The minimum Gasteiger partial charge on any atom is -0.462 e. The smallest absolute Gasteiger partial charge is 0.350 e. The summed E-state index contributed by atoms with van der Waals surface area (Å²) in [4.78, 5) is 21.2. The van der Waals surface area contributed by atoms with Gasteiger partial charge in [0.15, 0.2) is 5.75 Å². The van der Waals surface area contributed by atoms with Crippen LogP contribution < -0.4 is 4.74 Å². The molecule has 2 aromatic heterocycles. The molecule has 0 spiro atoms. The van der Waals surface area contributed by atoms with Gasteiger partial charge in [0.1, 0.15) is 10.4 Å². The summed E-state index contributed by atoms with van der Waals surface area (Å²) in [6.45, 7) is 5.80. The van der Waals surface area contributed by atoms with Crippen LogP contribution in [0.2, 0.25) is 0 Å². The van der Waals surface area contributed by atoms with Gasteiger partial charge in [0.05, 0.1) is 12.3 Å². The third kappa shape index (κ3) is 3.17. The summed E-state index contributed by atoms with van der Waals surface area (Å²) in [5.41, 5.74) is 2.29. The van der Waals surface area contributed by atoms with Gasteiger partial charge in [-0.1, -0.05) is 29.5 Å². The van der Waals surface area contributed by atoms with E-state index in [2.05, 4.69) is 9.97 Å². The molecule has 2 heterocycles. The van der Waals surface area contributed by atoms with Gasteiger partial charge in [-0.15, -0.1) is 0 Å². The summed E-state index contributed by atoms with van der Waals surface area (Å²) in [5.74, 6) is 0.250. The van der Waals surface area contributed by atoms with Gasteiger partial charge in [0.25, 0.3) is 5.19 Å². The van der Waals surface area contributed by atoms with Gasteiger partial charge in [-0.2, -0.15) is 0 Å². The number of aromatic nitrogens is 2. The summed E-state index contributed by atoms with van der Waals surface area (Å²) in [7, 11) is 0. The van der Waals surface area contributed by atoms with Crippen LogP contribution >= 0.6 is 11.3 Å². The standard InChI is InChI=1S/C17H16N2O3S/c1-4-21-16(20)15-11(3)19-17(23-15)22-13-7-5-6-12-9-8-10(2)18-14(12)13/h5-9H,4H2,1-3H3. The molecule has 118 valence electrons. The van der Waals surface area contributed by atoms with Crippen LogP contribution in [-0.2, 0) is 4.74 Å². The summed E-state index contributed by atoms with van der Waals surface area (Å²) < 4.78 is 10.9. The molecule has 6 heteroatoms. The topological polar surface area (TPSA) is 61.3 Å². The van der Waals surface area contributed by atoms with Crippen molar-refractivity contribution in [3.05, 3.63) is 46.6 Å². The van der Waals surface area contributed by atoms with Gasteiger partial charge >= 0.3 is 5.97 Å². The number of para-hydroxylation sites is 1. The summed E-state index contributed by atoms with van der Waals surface area (Å²) >= 11 is 1.18. The van der Waals surface area contributed by atoms with Crippen LogP contribution in [0.5, 0.6) is 10.9 Å². The monoisotopic (exact) mass is 328 g/mol. The van der Waals surface area contributed by atoms with Crippen molar-refractivity contribution >= 4 is 28.2 Å². The highest BCUT2D eigenvalue weighted by molar-refractivity contribution is 7.15. The molecule has 3 rings (SSSR count). The normalized spacial score (nSPS) is 10.7. The Kier molecular flexibility index (Phi) is 4.25. The number of carbonyl (C=O) groups excluding carboxylic acids is 1. The van der Waals surface area contributed by atoms with Crippen LogP contribution in [0.15, 0.2) is 30.3 Å². The molecule has 0 bridgehead atoms. The zero-order valence-corrected chi connectivity index (χ0v) is 13.9. The molecule has 0 radical (unpaired) electrons. The molecule has 0 saturated heterocycles. The number of esters is 1. The molecule has 0 saturated carbocycles. The number of ether oxygens (including phenoxy) is 2. The number of carbonyl (C=O) groups is 1. The maximum Gasteiger partial charge on any atom is 0.350 e. The number of rotatable bonds is 4. The largest absolute Gasteiger partial charge is 0.462 e. The second-order valence-electron chi connectivity index (χ2n) is 5.00. The summed E-state index contributed by atoms with van der Waals surface area (Å²) in [6.07, 6.45) is 0. The van der Waals surface area contributed by atoms with Crippen LogP contribution in [0, 0.1) is 13.8 Å². The van der Waals surface area contributed by atoms with Gasteiger partial charge < -0.3 is 9.47 Å². The van der Waals surface area contributed by atoms with Crippen molar-refractivity contribution in [2.45, 2.75) is 20.8 Å².